The minimum Gasteiger partial charge on any atom is -0.306 e. The third-order valence-corrected chi connectivity index (χ3v) is 4.40. The summed E-state index contributed by atoms with van der Waals surface area (Å²) in [6.07, 6.45) is 0. The monoisotopic (exact) mass is 366 g/mol. The number of pyridine rings is 1. The van der Waals surface area contributed by atoms with Crippen LogP contribution in [0.25, 0.3) is 27.3 Å². The average molecular weight is 367 g/mol. The van der Waals surface area contributed by atoms with Gasteiger partial charge in [-0.05, 0) is 24.3 Å². The zero-order valence-corrected chi connectivity index (χ0v) is 13.6. The van der Waals surface area contributed by atoms with Gasteiger partial charge >= 0.3 is 0 Å². The number of non-ortho nitro benzene ring substituents is 1. The van der Waals surface area contributed by atoms with Crippen molar-refractivity contribution in [2.24, 2.45) is 0 Å². The third kappa shape index (κ3) is 2.08. The van der Waals surface area contributed by atoms with Gasteiger partial charge in [-0.3, -0.25) is 24.1 Å². The molecule has 0 bridgehead atoms. The Morgan fingerprint density at radius 2 is 1.88 bits per heavy atom. The number of aromatic amines is 1. The first-order valence-electron chi connectivity index (χ1n) is 7.31. The predicted molar refractivity (Wildman–Crippen MR) is 95.7 cm³/mol. The van der Waals surface area contributed by atoms with Gasteiger partial charge in [0.25, 0.3) is 16.8 Å². The van der Waals surface area contributed by atoms with Crippen LogP contribution in [0.4, 0.5) is 5.69 Å². The van der Waals surface area contributed by atoms with Crippen molar-refractivity contribution >= 4 is 44.6 Å². The standard InChI is InChI=1S/C17H7ClN4O4/c18-8-1-4-14-12(5-8)16(23)20-15-13(7-19)10-3-2-9(22(25)26)6-11(10)17(24)21(14)15/h1-6H,(H,20,23). The van der Waals surface area contributed by atoms with E-state index in [2.05, 4.69) is 4.98 Å². The van der Waals surface area contributed by atoms with Crippen LogP contribution in [0.5, 0.6) is 0 Å². The molecule has 0 aliphatic rings. The number of hydrogen-bond acceptors (Lipinski definition) is 5. The number of nitrogens with zero attached hydrogens (tertiary/aromatic N) is 3. The van der Waals surface area contributed by atoms with Gasteiger partial charge in [-0.2, -0.15) is 5.26 Å². The SMILES string of the molecule is N#Cc1c2ccc([N+](=O)[O-])cc2c(=O)n2c1[nH]c(=O)c1cc(Cl)ccc12. The van der Waals surface area contributed by atoms with Crippen molar-refractivity contribution in [1.29, 1.82) is 5.26 Å². The van der Waals surface area contributed by atoms with Gasteiger partial charge in [-0.25, -0.2) is 0 Å². The number of hydrogen-bond donors (Lipinski definition) is 1. The fraction of sp³-hybridized carbons (Fsp3) is 0. The van der Waals surface area contributed by atoms with E-state index in [1.807, 2.05) is 6.07 Å². The average Bonchev–Trinajstić information content (AvgIpc) is 2.62. The lowest BCUT2D eigenvalue weighted by atomic mass is 10.1. The van der Waals surface area contributed by atoms with Crippen molar-refractivity contribution in [1.82, 2.24) is 9.38 Å². The van der Waals surface area contributed by atoms with Crippen LogP contribution < -0.4 is 11.1 Å². The number of fused-ring (bicyclic) bond motifs is 4. The highest BCUT2D eigenvalue weighted by Gasteiger charge is 2.18. The molecule has 126 valence electrons. The summed E-state index contributed by atoms with van der Waals surface area (Å²) in [5.74, 6) is 0. The molecule has 4 rings (SSSR count). The highest BCUT2D eigenvalue weighted by molar-refractivity contribution is 6.31. The number of nitro groups is 1. The molecule has 0 fully saturated rings. The fourth-order valence-electron chi connectivity index (χ4n) is 3.02. The molecule has 0 aliphatic carbocycles. The molecule has 0 saturated carbocycles. The zero-order valence-electron chi connectivity index (χ0n) is 12.8. The number of nitro benzene ring substituents is 1. The Morgan fingerprint density at radius 3 is 2.58 bits per heavy atom. The summed E-state index contributed by atoms with van der Waals surface area (Å²) in [6.45, 7) is 0. The molecule has 26 heavy (non-hydrogen) atoms. The fourth-order valence-corrected chi connectivity index (χ4v) is 3.20. The van der Waals surface area contributed by atoms with Crippen molar-refractivity contribution in [3.63, 3.8) is 0 Å². The first-order chi connectivity index (χ1) is 12.4. The number of rotatable bonds is 1. The smallest absolute Gasteiger partial charge is 0.270 e. The van der Waals surface area contributed by atoms with Gasteiger partial charge in [0.1, 0.15) is 17.3 Å². The second kappa shape index (κ2) is 5.40. The van der Waals surface area contributed by atoms with Crippen LogP contribution in [0.1, 0.15) is 5.56 Å². The summed E-state index contributed by atoms with van der Waals surface area (Å²) in [6, 6.07) is 10.0. The van der Waals surface area contributed by atoms with Gasteiger partial charge in [0, 0.05) is 22.5 Å². The summed E-state index contributed by atoms with van der Waals surface area (Å²) in [7, 11) is 0. The molecule has 0 unspecified atom stereocenters. The van der Waals surface area contributed by atoms with Gasteiger partial charge < -0.3 is 4.98 Å². The van der Waals surface area contributed by atoms with E-state index in [1.165, 1.54) is 30.3 Å². The molecule has 8 nitrogen and oxygen atoms in total. The first-order valence-corrected chi connectivity index (χ1v) is 7.68. The molecular weight excluding hydrogens is 360 g/mol. The van der Waals surface area contributed by atoms with E-state index in [9.17, 15) is 25.0 Å². The summed E-state index contributed by atoms with van der Waals surface area (Å²) < 4.78 is 1.16. The normalized spacial score (nSPS) is 11.1. The Morgan fingerprint density at radius 1 is 1.12 bits per heavy atom. The summed E-state index contributed by atoms with van der Waals surface area (Å²) >= 11 is 5.92. The Hall–Kier alpha value is -3.70. The highest BCUT2D eigenvalue weighted by atomic mass is 35.5. The molecule has 0 saturated heterocycles. The van der Waals surface area contributed by atoms with E-state index < -0.39 is 16.0 Å². The molecule has 1 N–H and O–H groups in total. The Labute approximate surface area is 148 Å². The molecule has 0 amide bonds. The maximum Gasteiger partial charge on any atom is 0.270 e. The molecule has 0 atom stereocenters. The number of benzene rings is 2. The van der Waals surface area contributed by atoms with E-state index in [0.717, 1.165) is 10.5 Å². The third-order valence-electron chi connectivity index (χ3n) is 4.17. The predicted octanol–water partition coefficient (Wildman–Crippen LogP) is 2.73. The van der Waals surface area contributed by atoms with E-state index in [1.54, 1.807) is 0 Å². The Bertz CT molecular complexity index is 1430. The second-order valence-electron chi connectivity index (χ2n) is 5.58. The van der Waals surface area contributed by atoms with Crippen LogP contribution >= 0.6 is 11.6 Å². The lowest BCUT2D eigenvalue weighted by Crippen LogP contribution is -2.22. The molecule has 2 heterocycles. The summed E-state index contributed by atoms with van der Waals surface area (Å²) in [5, 5.41) is 21.3. The maximum absolute atomic E-state index is 13.0. The van der Waals surface area contributed by atoms with Crippen molar-refractivity contribution in [3.05, 3.63) is 77.8 Å². The number of nitriles is 1. The zero-order chi connectivity index (χ0) is 18.6. The number of aromatic nitrogens is 2. The van der Waals surface area contributed by atoms with Crippen LogP contribution in [0.15, 0.2) is 46.0 Å². The lowest BCUT2D eigenvalue weighted by molar-refractivity contribution is -0.384. The minimum absolute atomic E-state index is 0.0107. The van der Waals surface area contributed by atoms with Gasteiger partial charge in [0.05, 0.1) is 21.2 Å². The second-order valence-corrected chi connectivity index (χ2v) is 6.02. The molecule has 0 spiro atoms. The highest BCUT2D eigenvalue weighted by Crippen LogP contribution is 2.25. The van der Waals surface area contributed by atoms with Crippen LogP contribution in [-0.4, -0.2) is 14.3 Å². The molecular formula is C17H7ClN4O4. The van der Waals surface area contributed by atoms with Gasteiger partial charge in [0.2, 0.25) is 0 Å². The van der Waals surface area contributed by atoms with Crippen LogP contribution in [-0.2, 0) is 0 Å². The summed E-state index contributed by atoms with van der Waals surface area (Å²) in [5.41, 5.74) is -1.03. The van der Waals surface area contributed by atoms with Crippen LogP contribution in [0.3, 0.4) is 0 Å². The topological polar surface area (TPSA) is 121 Å². The lowest BCUT2D eigenvalue weighted by Gasteiger charge is -2.10. The number of halogens is 1. The molecule has 2 aromatic carbocycles. The van der Waals surface area contributed by atoms with E-state index in [0.29, 0.717) is 5.02 Å². The number of H-pyrrole nitrogens is 1. The van der Waals surface area contributed by atoms with Crippen molar-refractivity contribution < 1.29 is 4.92 Å². The molecule has 0 radical (unpaired) electrons. The maximum atomic E-state index is 13.0. The number of nitrogens with one attached hydrogen (secondary N) is 1. The molecule has 4 aromatic rings. The molecule has 2 aromatic heterocycles. The van der Waals surface area contributed by atoms with Gasteiger partial charge in [-0.1, -0.05) is 11.6 Å². The quantitative estimate of drug-likeness (QED) is 0.240. The van der Waals surface area contributed by atoms with E-state index in [-0.39, 0.29) is 38.6 Å². The summed E-state index contributed by atoms with van der Waals surface area (Å²) in [4.78, 5) is 38.4. The van der Waals surface area contributed by atoms with E-state index in [4.69, 9.17) is 11.6 Å². The van der Waals surface area contributed by atoms with Gasteiger partial charge in [-0.15, -0.1) is 0 Å². The van der Waals surface area contributed by atoms with Crippen LogP contribution in [0.2, 0.25) is 5.02 Å². The molecule has 0 aliphatic heterocycles. The van der Waals surface area contributed by atoms with Crippen molar-refractivity contribution in [2.45, 2.75) is 0 Å². The van der Waals surface area contributed by atoms with Crippen molar-refractivity contribution in [3.8, 4) is 6.07 Å². The van der Waals surface area contributed by atoms with Crippen molar-refractivity contribution in [2.75, 3.05) is 0 Å². The Kier molecular flexibility index (Phi) is 3.29. The van der Waals surface area contributed by atoms with Gasteiger partial charge in [0.15, 0.2) is 0 Å². The van der Waals surface area contributed by atoms with E-state index >= 15 is 0 Å². The largest absolute Gasteiger partial charge is 0.306 e. The Balaban J connectivity index is 2.37. The minimum atomic E-state index is -0.620. The first kappa shape index (κ1) is 15.8. The molecule has 9 heteroatoms. The van der Waals surface area contributed by atoms with Crippen LogP contribution in [0, 0.1) is 21.4 Å².